The first-order valence-electron chi connectivity index (χ1n) is 5.46. The van der Waals surface area contributed by atoms with Crippen molar-refractivity contribution in [2.75, 3.05) is 0 Å². The predicted molar refractivity (Wildman–Crippen MR) is 60.7 cm³/mol. The van der Waals surface area contributed by atoms with Crippen molar-refractivity contribution in [1.29, 1.82) is 0 Å². The molecule has 3 nitrogen and oxygen atoms in total. The summed E-state index contributed by atoms with van der Waals surface area (Å²) in [5.41, 5.74) is 1.93. The fraction of sp³-hybridized carbons (Fsp3) is 0.667. The lowest BCUT2D eigenvalue weighted by atomic mass is 10.0. The van der Waals surface area contributed by atoms with Crippen molar-refractivity contribution in [3.8, 4) is 0 Å². The Morgan fingerprint density at radius 3 is 2.20 bits per heavy atom. The molecule has 0 radical (unpaired) electrons. The molecule has 1 N–H and O–H groups in total. The van der Waals surface area contributed by atoms with Crippen LogP contribution in [0.1, 0.15) is 37.5 Å². The summed E-state index contributed by atoms with van der Waals surface area (Å²) in [6.45, 7) is 8.11. The lowest BCUT2D eigenvalue weighted by Crippen LogP contribution is -2.15. The van der Waals surface area contributed by atoms with Crippen molar-refractivity contribution in [3.63, 3.8) is 0 Å². The quantitative estimate of drug-likeness (QED) is 0.823. The van der Waals surface area contributed by atoms with Crippen LogP contribution < -0.4 is 0 Å². The first kappa shape index (κ1) is 12.1. The van der Waals surface area contributed by atoms with E-state index in [-0.39, 0.29) is 6.10 Å². The fourth-order valence-corrected chi connectivity index (χ4v) is 1.73. The maximum Gasteiger partial charge on any atom is 0.131 e. The standard InChI is InChI=1S/C12H20N2O/c1-8(2)5-11(15)7-12-13-9(3)6-10(4)14-12/h6,8,11,15H,5,7H2,1-4H3. The van der Waals surface area contributed by atoms with Crippen molar-refractivity contribution in [1.82, 2.24) is 9.97 Å². The van der Waals surface area contributed by atoms with Gasteiger partial charge in [-0.1, -0.05) is 13.8 Å². The molecule has 1 aromatic rings. The van der Waals surface area contributed by atoms with Gasteiger partial charge in [-0.3, -0.25) is 0 Å². The molecule has 1 heterocycles. The molecule has 1 rings (SSSR count). The molecule has 0 aliphatic heterocycles. The Morgan fingerprint density at radius 1 is 1.20 bits per heavy atom. The predicted octanol–water partition coefficient (Wildman–Crippen LogP) is 2.04. The third kappa shape index (κ3) is 4.38. The van der Waals surface area contributed by atoms with Gasteiger partial charge in [-0.15, -0.1) is 0 Å². The van der Waals surface area contributed by atoms with Gasteiger partial charge in [0.05, 0.1) is 6.10 Å². The van der Waals surface area contributed by atoms with Crippen LogP contribution in [0.25, 0.3) is 0 Å². The van der Waals surface area contributed by atoms with E-state index >= 15 is 0 Å². The lowest BCUT2D eigenvalue weighted by molar-refractivity contribution is 0.147. The highest BCUT2D eigenvalue weighted by Crippen LogP contribution is 2.09. The second-order valence-electron chi connectivity index (χ2n) is 4.55. The van der Waals surface area contributed by atoms with Crippen molar-refractivity contribution in [2.45, 2.75) is 46.6 Å². The molecule has 0 fully saturated rings. The van der Waals surface area contributed by atoms with Gasteiger partial charge in [0.2, 0.25) is 0 Å². The third-order valence-electron chi connectivity index (χ3n) is 2.19. The minimum Gasteiger partial charge on any atom is -0.393 e. The van der Waals surface area contributed by atoms with Gasteiger partial charge < -0.3 is 5.11 Å². The van der Waals surface area contributed by atoms with Gasteiger partial charge in [0.1, 0.15) is 5.82 Å². The van der Waals surface area contributed by atoms with Crippen LogP contribution in [0.2, 0.25) is 0 Å². The smallest absolute Gasteiger partial charge is 0.131 e. The summed E-state index contributed by atoms with van der Waals surface area (Å²) >= 11 is 0. The van der Waals surface area contributed by atoms with Crippen LogP contribution >= 0.6 is 0 Å². The summed E-state index contributed by atoms with van der Waals surface area (Å²) in [6, 6.07) is 1.94. The van der Waals surface area contributed by atoms with Crippen molar-refractivity contribution >= 4 is 0 Å². The van der Waals surface area contributed by atoms with E-state index in [9.17, 15) is 5.11 Å². The van der Waals surface area contributed by atoms with E-state index < -0.39 is 0 Å². The molecule has 1 aromatic heterocycles. The molecular formula is C12H20N2O. The second-order valence-corrected chi connectivity index (χ2v) is 4.55. The number of aliphatic hydroxyl groups excluding tert-OH is 1. The van der Waals surface area contributed by atoms with Gasteiger partial charge >= 0.3 is 0 Å². The molecule has 0 bridgehead atoms. The van der Waals surface area contributed by atoms with Crippen LogP contribution in [0.4, 0.5) is 0 Å². The molecule has 0 aliphatic carbocycles. The Hall–Kier alpha value is -0.960. The zero-order valence-corrected chi connectivity index (χ0v) is 9.99. The minimum absolute atomic E-state index is 0.328. The van der Waals surface area contributed by atoms with Crippen LogP contribution in [-0.4, -0.2) is 21.2 Å². The average molecular weight is 208 g/mol. The van der Waals surface area contributed by atoms with E-state index in [4.69, 9.17) is 0 Å². The number of rotatable bonds is 4. The Morgan fingerprint density at radius 2 is 1.73 bits per heavy atom. The summed E-state index contributed by atoms with van der Waals surface area (Å²) in [6.07, 6.45) is 1.03. The summed E-state index contributed by atoms with van der Waals surface area (Å²) in [5, 5.41) is 9.77. The van der Waals surface area contributed by atoms with Crippen molar-refractivity contribution in [3.05, 3.63) is 23.3 Å². The summed E-state index contributed by atoms with van der Waals surface area (Å²) in [5.74, 6) is 1.26. The SMILES string of the molecule is Cc1cc(C)nc(CC(O)CC(C)C)n1. The maximum absolute atomic E-state index is 9.77. The Labute approximate surface area is 91.6 Å². The second kappa shape index (κ2) is 5.21. The van der Waals surface area contributed by atoms with Gasteiger partial charge in [-0.25, -0.2) is 9.97 Å². The number of hydrogen-bond donors (Lipinski definition) is 1. The average Bonchev–Trinajstić information content (AvgIpc) is 1.98. The van der Waals surface area contributed by atoms with Crippen LogP contribution in [-0.2, 0) is 6.42 Å². The minimum atomic E-state index is -0.328. The number of aliphatic hydroxyl groups is 1. The monoisotopic (exact) mass is 208 g/mol. The topological polar surface area (TPSA) is 46.0 Å². The molecular weight excluding hydrogens is 188 g/mol. The Bertz CT molecular complexity index is 303. The fourth-order valence-electron chi connectivity index (χ4n) is 1.73. The molecule has 0 aromatic carbocycles. The normalized spacial score (nSPS) is 13.2. The Kier molecular flexibility index (Phi) is 4.21. The van der Waals surface area contributed by atoms with E-state index in [1.54, 1.807) is 0 Å². The molecule has 84 valence electrons. The zero-order chi connectivity index (χ0) is 11.4. The molecule has 1 atom stereocenters. The molecule has 0 saturated heterocycles. The number of aromatic nitrogens is 2. The summed E-state index contributed by atoms with van der Waals surface area (Å²) < 4.78 is 0. The van der Waals surface area contributed by atoms with Crippen molar-refractivity contribution in [2.24, 2.45) is 5.92 Å². The molecule has 3 heteroatoms. The largest absolute Gasteiger partial charge is 0.393 e. The highest BCUT2D eigenvalue weighted by Gasteiger charge is 2.10. The summed E-state index contributed by atoms with van der Waals surface area (Å²) in [7, 11) is 0. The molecule has 0 amide bonds. The highest BCUT2D eigenvalue weighted by molar-refractivity contribution is 5.08. The van der Waals surface area contributed by atoms with Gasteiger partial charge in [0, 0.05) is 17.8 Å². The first-order chi connectivity index (χ1) is 6.97. The van der Waals surface area contributed by atoms with Gasteiger partial charge in [-0.2, -0.15) is 0 Å². The molecule has 1 unspecified atom stereocenters. The highest BCUT2D eigenvalue weighted by atomic mass is 16.3. The zero-order valence-electron chi connectivity index (χ0n) is 9.99. The van der Waals surface area contributed by atoms with Crippen LogP contribution in [0, 0.1) is 19.8 Å². The van der Waals surface area contributed by atoms with E-state index in [0.29, 0.717) is 12.3 Å². The van der Waals surface area contributed by atoms with E-state index in [1.807, 2.05) is 19.9 Å². The van der Waals surface area contributed by atoms with Crippen molar-refractivity contribution < 1.29 is 5.11 Å². The third-order valence-corrected chi connectivity index (χ3v) is 2.19. The Balaban J connectivity index is 2.63. The van der Waals surface area contributed by atoms with Crippen LogP contribution in [0.5, 0.6) is 0 Å². The molecule has 0 spiro atoms. The number of aryl methyl sites for hydroxylation is 2. The van der Waals surface area contributed by atoms with Gasteiger partial charge in [0.15, 0.2) is 0 Å². The van der Waals surface area contributed by atoms with Crippen LogP contribution in [0.15, 0.2) is 6.07 Å². The van der Waals surface area contributed by atoms with E-state index in [0.717, 1.165) is 23.6 Å². The van der Waals surface area contributed by atoms with Gasteiger partial charge in [0.25, 0.3) is 0 Å². The summed E-state index contributed by atoms with van der Waals surface area (Å²) in [4.78, 5) is 8.62. The maximum atomic E-state index is 9.77. The van der Waals surface area contributed by atoms with E-state index in [2.05, 4.69) is 23.8 Å². The van der Waals surface area contributed by atoms with E-state index in [1.165, 1.54) is 0 Å². The lowest BCUT2D eigenvalue weighted by Gasteiger charge is -2.12. The number of hydrogen-bond acceptors (Lipinski definition) is 3. The van der Waals surface area contributed by atoms with Gasteiger partial charge in [-0.05, 0) is 32.3 Å². The molecule has 15 heavy (non-hydrogen) atoms. The van der Waals surface area contributed by atoms with Crippen LogP contribution in [0.3, 0.4) is 0 Å². The molecule has 0 aliphatic rings. The number of nitrogens with zero attached hydrogens (tertiary/aromatic N) is 2. The molecule has 0 saturated carbocycles. The first-order valence-corrected chi connectivity index (χ1v) is 5.46.